The molecule has 0 bridgehead atoms. The average Bonchev–Trinajstić information content (AvgIpc) is 2.45. The van der Waals surface area contributed by atoms with Crippen LogP contribution < -0.4 is 5.32 Å². The quantitative estimate of drug-likeness (QED) is 0.884. The number of carboxylic acids is 1. The highest BCUT2D eigenvalue weighted by atomic mass is 16.4. The van der Waals surface area contributed by atoms with Crippen LogP contribution in [0.1, 0.15) is 28.0 Å². The van der Waals surface area contributed by atoms with Gasteiger partial charge in [0.1, 0.15) is 0 Å². The molecule has 1 amide bonds. The lowest BCUT2D eigenvalue weighted by Crippen LogP contribution is -2.16. The summed E-state index contributed by atoms with van der Waals surface area (Å²) in [6.07, 6.45) is 2.28. The molecule has 108 valence electrons. The Morgan fingerprint density at radius 2 is 2.05 bits per heavy atom. The maximum atomic E-state index is 11.9. The van der Waals surface area contributed by atoms with Crippen LogP contribution in [0, 0.1) is 6.92 Å². The number of carbonyl (C=O) groups is 2. The third-order valence-corrected chi connectivity index (χ3v) is 3.01. The summed E-state index contributed by atoms with van der Waals surface area (Å²) in [5.41, 5.74) is 2.30. The summed E-state index contributed by atoms with van der Waals surface area (Å²) in [7, 11) is 0. The highest BCUT2D eigenvalue weighted by Gasteiger charge is 2.13. The van der Waals surface area contributed by atoms with E-state index in [0.717, 1.165) is 11.1 Å². The lowest BCUT2D eigenvalue weighted by Gasteiger charge is -2.07. The van der Waals surface area contributed by atoms with Gasteiger partial charge in [0.15, 0.2) is 5.69 Å². The number of carboxylic acid groups (broad SMARTS) is 1. The molecule has 0 aliphatic carbocycles. The summed E-state index contributed by atoms with van der Waals surface area (Å²) in [6, 6.07) is 11.1. The summed E-state index contributed by atoms with van der Waals surface area (Å²) in [5, 5.41) is 11.6. The van der Waals surface area contributed by atoms with Crippen LogP contribution in [0.3, 0.4) is 0 Å². The fourth-order valence-corrected chi connectivity index (χ4v) is 2.01. The molecule has 1 aromatic carbocycles. The van der Waals surface area contributed by atoms with Crippen molar-refractivity contribution < 1.29 is 14.7 Å². The zero-order valence-electron chi connectivity index (χ0n) is 11.7. The molecule has 0 saturated carbocycles. The summed E-state index contributed by atoms with van der Waals surface area (Å²) in [6.45, 7) is 2.00. The first kappa shape index (κ1) is 14.7. The largest absolute Gasteiger partial charge is 0.476 e. The molecule has 0 unspecified atom stereocenters. The minimum Gasteiger partial charge on any atom is -0.476 e. The van der Waals surface area contributed by atoms with Crippen LogP contribution in [0.15, 0.2) is 42.6 Å². The maximum absolute atomic E-state index is 11.9. The third kappa shape index (κ3) is 4.14. The molecule has 0 saturated heterocycles. The van der Waals surface area contributed by atoms with Gasteiger partial charge in [-0.05, 0) is 31.0 Å². The number of pyridine rings is 1. The van der Waals surface area contributed by atoms with Gasteiger partial charge in [-0.15, -0.1) is 0 Å². The molecule has 5 nitrogen and oxygen atoms in total. The van der Waals surface area contributed by atoms with Crippen molar-refractivity contribution in [2.75, 3.05) is 5.32 Å². The van der Waals surface area contributed by atoms with Crippen molar-refractivity contribution in [1.82, 2.24) is 4.98 Å². The van der Waals surface area contributed by atoms with E-state index in [1.807, 2.05) is 31.2 Å². The van der Waals surface area contributed by atoms with Crippen molar-refractivity contribution >= 4 is 17.6 Å². The van der Waals surface area contributed by atoms with Crippen LogP contribution >= 0.6 is 0 Å². The summed E-state index contributed by atoms with van der Waals surface area (Å²) in [4.78, 5) is 26.7. The van der Waals surface area contributed by atoms with Crippen LogP contribution in [0.2, 0.25) is 0 Å². The number of aryl methyl sites for hydroxylation is 2. The number of anilines is 1. The summed E-state index contributed by atoms with van der Waals surface area (Å²) >= 11 is 0. The van der Waals surface area contributed by atoms with Crippen LogP contribution in [-0.4, -0.2) is 22.0 Å². The molecule has 2 N–H and O–H groups in total. The van der Waals surface area contributed by atoms with Crippen molar-refractivity contribution in [2.45, 2.75) is 19.8 Å². The predicted octanol–water partition coefficient (Wildman–Crippen LogP) is 2.66. The molecule has 0 fully saturated rings. The van der Waals surface area contributed by atoms with Gasteiger partial charge in [-0.1, -0.05) is 29.8 Å². The Morgan fingerprint density at radius 3 is 2.76 bits per heavy atom. The van der Waals surface area contributed by atoms with E-state index in [-0.39, 0.29) is 23.7 Å². The van der Waals surface area contributed by atoms with Gasteiger partial charge in [0.05, 0.1) is 5.69 Å². The Morgan fingerprint density at radius 1 is 1.24 bits per heavy atom. The number of benzene rings is 1. The standard InChI is InChI=1S/C16H16N2O3/c1-11-4-2-5-12(10-11)7-8-14(19)18-13-6-3-9-17-15(13)16(20)21/h2-6,9-10H,7-8H2,1H3,(H,18,19)(H,20,21). The number of nitrogens with zero attached hydrogens (tertiary/aromatic N) is 1. The number of hydrogen-bond donors (Lipinski definition) is 2. The van der Waals surface area contributed by atoms with Crippen LogP contribution in [0.4, 0.5) is 5.69 Å². The lowest BCUT2D eigenvalue weighted by molar-refractivity contribution is -0.116. The fraction of sp³-hybridized carbons (Fsp3) is 0.188. The maximum Gasteiger partial charge on any atom is 0.356 e. The Balaban J connectivity index is 1.98. The van der Waals surface area contributed by atoms with Gasteiger partial charge in [-0.25, -0.2) is 9.78 Å². The third-order valence-electron chi connectivity index (χ3n) is 3.01. The number of hydrogen-bond acceptors (Lipinski definition) is 3. The number of aromatic carboxylic acids is 1. The van der Waals surface area contributed by atoms with E-state index in [2.05, 4.69) is 10.3 Å². The zero-order chi connectivity index (χ0) is 15.2. The van der Waals surface area contributed by atoms with Crippen molar-refractivity contribution in [2.24, 2.45) is 0 Å². The zero-order valence-corrected chi connectivity index (χ0v) is 11.7. The van der Waals surface area contributed by atoms with E-state index < -0.39 is 5.97 Å². The SMILES string of the molecule is Cc1cccc(CCC(=O)Nc2cccnc2C(=O)O)c1. The number of amides is 1. The lowest BCUT2D eigenvalue weighted by atomic mass is 10.1. The van der Waals surface area contributed by atoms with Gasteiger partial charge in [0.25, 0.3) is 0 Å². The normalized spacial score (nSPS) is 10.1. The molecule has 2 aromatic rings. The van der Waals surface area contributed by atoms with Crippen LogP contribution in [0.25, 0.3) is 0 Å². The van der Waals surface area contributed by atoms with Crippen molar-refractivity contribution in [3.05, 3.63) is 59.4 Å². The van der Waals surface area contributed by atoms with Crippen molar-refractivity contribution in [1.29, 1.82) is 0 Å². The van der Waals surface area contributed by atoms with Crippen molar-refractivity contribution in [3.63, 3.8) is 0 Å². The Labute approximate surface area is 122 Å². The van der Waals surface area contributed by atoms with E-state index in [9.17, 15) is 9.59 Å². The van der Waals surface area contributed by atoms with E-state index in [0.29, 0.717) is 6.42 Å². The molecule has 0 atom stereocenters. The average molecular weight is 284 g/mol. The van der Waals surface area contributed by atoms with Gasteiger partial charge in [0, 0.05) is 12.6 Å². The molecule has 5 heteroatoms. The molecule has 1 aromatic heterocycles. The minimum absolute atomic E-state index is 0.151. The highest BCUT2D eigenvalue weighted by molar-refractivity contribution is 5.99. The molecular weight excluding hydrogens is 268 g/mol. The first-order chi connectivity index (χ1) is 10.1. The predicted molar refractivity (Wildman–Crippen MR) is 79.3 cm³/mol. The molecule has 1 heterocycles. The summed E-state index contributed by atoms with van der Waals surface area (Å²) in [5.74, 6) is -1.39. The molecule has 0 radical (unpaired) electrons. The van der Waals surface area contributed by atoms with Crippen LogP contribution in [-0.2, 0) is 11.2 Å². The van der Waals surface area contributed by atoms with Gasteiger partial charge in [-0.2, -0.15) is 0 Å². The number of rotatable bonds is 5. The second-order valence-corrected chi connectivity index (χ2v) is 4.74. The molecule has 2 rings (SSSR count). The molecule has 0 spiro atoms. The molecular formula is C16H16N2O3. The molecule has 0 aliphatic heterocycles. The molecule has 0 aliphatic rings. The Hall–Kier alpha value is -2.69. The number of aromatic nitrogens is 1. The van der Waals surface area contributed by atoms with Gasteiger partial charge in [0.2, 0.25) is 5.91 Å². The van der Waals surface area contributed by atoms with Gasteiger partial charge >= 0.3 is 5.97 Å². The highest BCUT2D eigenvalue weighted by Crippen LogP contribution is 2.13. The van der Waals surface area contributed by atoms with E-state index >= 15 is 0 Å². The first-order valence-electron chi connectivity index (χ1n) is 6.60. The molecule has 21 heavy (non-hydrogen) atoms. The Kier molecular flexibility index (Phi) is 4.66. The second-order valence-electron chi connectivity index (χ2n) is 4.74. The smallest absolute Gasteiger partial charge is 0.356 e. The van der Waals surface area contributed by atoms with E-state index in [1.54, 1.807) is 6.07 Å². The Bertz CT molecular complexity index is 668. The summed E-state index contributed by atoms with van der Waals surface area (Å²) < 4.78 is 0. The van der Waals surface area contributed by atoms with Crippen LogP contribution in [0.5, 0.6) is 0 Å². The number of nitrogens with one attached hydrogen (secondary N) is 1. The first-order valence-corrected chi connectivity index (χ1v) is 6.60. The van der Waals surface area contributed by atoms with Gasteiger partial charge < -0.3 is 10.4 Å². The number of carbonyl (C=O) groups excluding carboxylic acids is 1. The van der Waals surface area contributed by atoms with Crippen molar-refractivity contribution in [3.8, 4) is 0 Å². The topological polar surface area (TPSA) is 79.3 Å². The monoisotopic (exact) mass is 284 g/mol. The fourth-order valence-electron chi connectivity index (χ4n) is 2.01. The minimum atomic E-state index is -1.16. The van der Waals surface area contributed by atoms with E-state index in [1.165, 1.54) is 12.3 Å². The van der Waals surface area contributed by atoms with E-state index in [4.69, 9.17) is 5.11 Å². The second kappa shape index (κ2) is 6.65. The van der Waals surface area contributed by atoms with Gasteiger partial charge in [-0.3, -0.25) is 4.79 Å².